The van der Waals surface area contributed by atoms with Gasteiger partial charge in [0.2, 0.25) is 0 Å². The largest absolute Gasteiger partial charge is 0.458 e. The summed E-state index contributed by atoms with van der Waals surface area (Å²) in [5.74, 6) is -0.380. The van der Waals surface area contributed by atoms with Crippen LogP contribution in [0.4, 0.5) is 5.69 Å². The van der Waals surface area contributed by atoms with E-state index >= 15 is 0 Å². The number of unbranched alkanes of at least 4 members (excludes halogenated alkanes) is 2. The van der Waals surface area contributed by atoms with Crippen molar-refractivity contribution in [2.24, 2.45) is 0 Å². The maximum Gasteiger partial charge on any atom is 0.306 e. The van der Waals surface area contributed by atoms with Gasteiger partial charge in [0, 0.05) is 24.6 Å². The van der Waals surface area contributed by atoms with Crippen LogP contribution in [0.1, 0.15) is 78.4 Å². The van der Waals surface area contributed by atoms with Gasteiger partial charge in [-0.25, -0.2) is 4.67 Å². The van der Waals surface area contributed by atoms with Gasteiger partial charge in [0.1, 0.15) is 6.10 Å². The molecule has 2 atom stereocenters. The summed E-state index contributed by atoms with van der Waals surface area (Å²) >= 11 is 0. The molecule has 0 aliphatic heterocycles. The standard InChI is InChI=1S/C23H36N3O6P/c1-18(2)25(19(3)4)33(31-17-11-15-24)30-16-10-6-7-14-23(27)32-20(5)21-12-8-9-13-22(21)26(28)29/h8-9,12-13,18-20H,6-7,10-11,14,16-17H2,1-5H3. The molecule has 1 rings (SSSR count). The second kappa shape index (κ2) is 15.7. The van der Waals surface area contributed by atoms with Crippen molar-refractivity contribution < 1.29 is 23.5 Å². The molecular formula is C23H36N3O6P. The van der Waals surface area contributed by atoms with E-state index in [1.54, 1.807) is 25.1 Å². The molecule has 1 aromatic carbocycles. The first kappa shape index (κ1) is 28.9. The molecule has 0 amide bonds. The zero-order chi connectivity index (χ0) is 24.8. The first-order valence-corrected chi connectivity index (χ1v) is 12.5. The molecule has 0 radical (unpaired) electrons. The summed E-state index contributed by atoms with van der Waals surface area (Å²) in [6.07, 6.45) is 2.05. The lowest BCUT2D eigenvalue weighted by Gasteiger charge is -2.35. The van der Waals surface area contributed by atoms with E-state index in [4.69, 9.17) is 19.0 Å². The number of benzene rings is 1. The van der Waals surface area contributed by atoms with Crippen LogP contribution >= 0.6 is 8.53 Å². The summed E-state index contributed by atoms with van der Waals surface area (Å²) < 4.78 is 19.4. The smallest absolute Gasteiger partial charge is 0.306 e. The summed E-state index contributed by atoms with van der Waals surface area (Å²) in [7, 11) is -1.26. The maximum absolute atomic E-state index is 12.2. The van der Waals surface area contributed by atoms with Gasteiger partial charge in [-0.05, 0) is 53.5 Å². The lowest BCUT2D eigenvalue weighted by Crippen LogP contribution is -2.33. The Balaban J connectivity index is 2.42. The Morgan fingerprint density at radius 3 is 2.33 bits per heavy atom. The Morgan fingerprint density at radius 2 is 1.73 bits per heavy atom. The van der Waals surface area contributed by atoms with Gasteiger partial charge in [0.05, 0.1) is 36.2 Å². The van der Waals surface area contributed by atoms with Gasteiger partial charge < -0.3 is 13.8 Å². The van der Waals surface area contributed by atoms with Crippen molar-refractivity contribution in [1.29, 1.82) is 5.26 Å². The van der Waals surface area contributed by atoms with Crippen LogP contribution in [0.2, 0.25) is 0 Å². The molecule has 0 aliphatic carbocycles. The fraction of sp³-hybridized carbons (Fsp3) is 0.652. The third-order valence-corrected chi connectivity index (χ3v) is 6.88. The number of ether oxygens (including phenoxy) is 1. The first-order valence-electron chi connectivity index (χ1n) is 11.3. The molecule has 0 saturated heterocycles. The molecule has 0 aliphatic rings. The molecule has 0 bridgehead atoms. The number of carbonyl (C=O) groups excluding carboxylic acids is 1. The van der Waals surface area contributed by atoms with Crippen LogP contribution in [0.5, 0.6) is 0 Å². The molecule has 9 nitrogen and oxygen atoms in total. The highest BCUT2D eigenvalue weighted by molar-refractivity contribution is 7.44. The van der Waals surface area contributed by atoms with Crippen LogP contribution in [-0.4, -0.2) is 40.9 Å². The molecule has 0 fully saturated rings. The van der Waals surface area contributed by atoms with E-state index in [2.05, 4.69) is 38.4 Å². The van der Waals surface area contributed by atoms with Gasteiger partial charge in [-0.15, -0.1) is 0 Å². The van der Waals surface area contributed by atoms with Crippen molar-refractivity contribution in [2.45, 2.75) is 84.9 Å². The van der Waals surface area contributed by atoms with Crippen LogP contribution in [0.15, 0.2) is 24.3 Å². The Kier molecular flexibility index (Phi) is 13.7. The minimum Gasteiger partial charge on any atom is -0.458 e. The number of rotatable bonds is 16. The van der Waals surface area contributed by atoms with E-state index in [-0.39, 0.29) is 30.2 Å². The summed E-state index contributed by atoms with van der Waals surface area (Å²) in [5, 5.41) is 19.9. The molecule has 1 aromatic rings. The monoisotopic (exact) mass is 481 g/mol. The van der Waals surface area contributed by atoms with Crippen molar-refractivity contribution in [3.05, 3.63) is 39.9 Å². The fourth-order valence-electron chi connectivity index (χ4n) is 3.32. The average Bonchev–Trinajstić information content (AvgIpc) is 2.75. The zero-order valence-corrected chi connectivity index (χ0v) is 21.1. The van der Waals surface area contributed by atoms with E-state index in [1.165, 1.54) is 6.07 Å². The number of nitrogens with zero attached hydrogens (tertiary/aromatic N) is 3. The Labute approximate surface area is 198 Å². The lowest BCUT2D eigenvalue weighted by molar-refractivity contribution is -0.386. The normalized spacial score (nSPS) is 13.2. The quantitative estimate of drug-likeness (QED) is 0.0921. The highest BCUT2D eigenvalue weighted by atomic mass is 31.2. The van der Waals surface area contributed by atoms with Crippen LogP contribution in [0.3, 0.4) is 0 Å². The number of para-hydroxylation sites is 1. The number of hydrogen-bond acceptors (Lipinski definition) is 8. The van der Waals surface area contributed by atoms with E-state index in [0.717, 1.165) is 12.8 Å². The van der Waals surface area contributed by atoms with Gasteiger partial charge in [-0.2, -0.15) is 5.26 Å². The maximum atomic E-state index is 12.2. The predicted molar refractivity (Wildman–Crippen MR) is 127 cm³/mol. The molecule has 184 valence electrons. The molecule has 10 heteroatoms. The number of nitro benzene ring substituents is 1. The van der Waals surface area contributed by atoms with E-state index < -0.39 is 19.6 Å². The highest BCUT2D eigenvalue weighted by Gasteiger charge is 2.27. The van der Waals surface area contributed by atoms with Gasteiger partial charge in [-0.3, -0.25) is 14.9 Å². The molecule has 2 unspecified atom stereocenters. The molecule has 0 heterocycles. The first-order chi connectivity index (χ1) is 15.7. The van der Waals surface area contributed by atoms with E-state index in [1.807, 2.05) is 0 Å². The van der Waals surface area contributed by atoms with Gasteiger partial charge in [-0.1, -0.05) is 18.6 Å². The molecule has 0 saturated carbocycles. The summed E-state index contributed by atoms with van der Waals surface area (Å²) in [6.45, 7) is 10.8. The summed E-state index contributed by atoms with van der Waals surface area (Å²) in [5.41, 5.74) is 0.328. The van der Waals surface area contributed by atoms with Crippen LogP contribution in [-0.2, 0) is 18.6 Å². The molecule has 0 N–H and O–H groups in total. The Morgan fingerprint density at radius 1 is 1.09 bits per heavy atom. The van der Waals surface area contributed by atoms with Crippen LogP contribution in [0, 0.1) is 21.4 Å². The lowest BCUT2D eigenvalue weighted by atomic mass is 10.1. The summed E-state index contributed by atoms with van der Waals surface area (Å²) in [4.78, 5) is 22.8. The minimum absolute atomic E-state index is 0.0553. The van der Waals surface area contributed by atoms with Crippen molar-refractivity contribution in [2.75, 3.05) is 13.2 Å². The Bertz CT molecular complexity index is 776. The molecule has 0 spiro atoms. The summed E-state index contributed by atoms with van der Waals surface area (Å²) in [6, 6.07) is 8.84. The fourth-order valence-corrected chi connectivity index (χ4v) is 4.95. The Hall–Kier alpha value is -2.11. The predicted octanol–water partition coefficient (Wildman–Crippen LogP) is 6.05. The second-order valence-electron chi connectivity index (χ2n) is 8.14. The average molecular weight is 482 g/mol. The van der Waals surface area contributed by atoms with Gasteiger partial charge >= 0.3 is 5.97 Å². The SMILES string of the molecule is CC(OC(=O)CCCCCOP(OCCC#N)N(C(C)C)C(C)C)c1ccccc1[N+](=O)[O-]. The van der Waals surface area contributed by atoms with E-state index in [9.17, 15) is 14.9 Å². The zero-order valence-electron chi connectivity index (χ0n) is 20.2. The number of nitriles is 1. The molecule has 0 aromatic heterocycles. The van der Waals surface area contributed by atoms with Gasteiger partial charge in [0.15, 0.2) is 0 Å². The van der Waals surface area contributed by atoms with Crippen molar-refractivity contribution in [3.8, 4) is 6.07 Å². The number of carbonyl (C=O) groups is 1. The highest BCUT2D eigenvalue weighted by Crippen LogP contribution is 2.46. The topological polar surface area (TPSA) is 115 Å². The number of hydrogen-bond donors (Lipinski definition) is 0. The minimum atomic E-state index is -1.26. The van der Waals surface area contributed by atoms with Crippen molar-refractivity contribution in [1.82, 2.24) is 4.67 Å². The van der Waals surface area contributed by atoms with Crippen molar-refractivity contribution in [3.63, 3.8) is 0 Å². The van der Waals surface area contributed by atoms with E-state index in [0.29, 0.717) is 31.6 Å². The molecular weight excluding hydrogens is 445 g/mol. The van der Waals surface area contributed by atoms with Crippen LogP contribution in [0.25, 0.3) is 0 Å². The van der Waals surface area contributed by atoms with Crippen LogP contribution < -0.4 is 0 Å². The third-order valence-electron chi connectivity index (χ3n) is 4.77. The third kappa shape index (κ3) is 10.6. The van der Waals surface area contributed by atoms with Crippen molar-refractivity contribution >= 4 is 20.2 Å². The second-order valence-corrected chi connectivity index (χ2v) is 9.59. The number of esters is 1. The van der Waals surface area contributed by atoms with Gasteiger partial charge in [0.25, 0.3) is 14.2 Å². The molecule has 33 heavy (non-hydrogen) atoms. The number of nitro groups is 1.